The molecule has 0 unspecified atom stereocenters. The molecule has 0 aliphatic heterocycles. The molecule has 0 aromatic heterocycles. The Labute approximate surface area is 161 Å². The Morgan fingerprint density at radius 1 is 0.862 bits per heavy atom. The fourth-order valence-electron chi connectivity index (χ4n) is 2.98. The van der Waals surface area contributed by atoms with Crippen LogP contribution in [-0.2, 0) is 4.79 Å². The second-order valence-corrected chi connectivity index (χ2v) is 9.20. The SMILES string of the molecule is C[C@@H](c1c(F)ccc(F)c1F)[C@H](C(=O)N(C)C)c1ccc(S(F)(F)(F)(F)F)cc1. The predicted molar refractivity (Wildman–Crippen MR) is 94.0 cm³/mol. The van der Waals surface area contributed by atoms with Crippen molar-refractivity contribution in [3.8, 4) is 0 Å². The van der Waals surface area contributed by atoms with E-state index in [9.17, 15) is 37.4 Å². The first-order valence-electron chi connectivity index (χ1n) is 8.12. The number of hydrogen-bond acceptors (Lipinski definition) is 1. The van der Waals surface area contributed by atoms with Gasteiger partial charge in [0.05, 0.1) is 5.92 Å². The molecule has 29 heavy (non-hydrogen) atoms. The van der Waals surface area contributed by atoms with Gasteiger partial charge in [0.15, 0.2) is 11.6 Å². The van der Waals surface area contributed by atoms with Crippen LogP contribution in [0.1, 0.15) is 29.9 Å². The molecule has 0 aliphatic carbocycles. The first-order valence-corrected chi connectivity index (χ1v) is 10.1. The van der Waals surface area contributed by atoms with Crippen molar-refractivity contribution in [1.82, 2.24) is 4.90 Å². The van der Waals surface area contributed by atoms with E-state index in [-0.39, 0.29) is 17.7 Å². The number of halogens is 8. The average molecular weight is 447 g/mol. The number of nitrogens with zero attached hydrogens (tertiary/aromatic N) is 1. The van der Waals surface area contributed by atoms with Gasteiger partial charge in [0.2, 0.25) is 5.91 Å². The first kappa shape index (κ1) is 23.0. The largest absolute Gasteiger partial charge is 0.348 e. The molecule has 1 amide bonds. The van der Waals surface area contributed by atoms with Crippen molar-refractivity contribution in [2.24, 2.45) is 0 Å². The Balaban J connectivity index is 2.62. The lowest BCUT2D eigenvalue weighted by atomic mass is 9.81. The summed E-state index contributed by atoms with van der Waals surface area (Å²) in [4.78, 5) is 11.5. The van der Waals surface area contributed by atoms with Gasteiger partial charge in [-0.15, -0.1) is 0 Å². The molecule has 0 saturated heterocycles. The molecule has 0 spiro atoms. The molecular formula is C18H17F8NOS. The van der Waals surface area contributed by atoms with Crippen molar-refractivity contribution in [2.45, 2.75) is 23.7 Å². The third-order valence-corrected chi connectivity index (χ3v) is 5.59. The van der Waals surface area contributed by atoms with Crippen LogP contribution < -0.4 is 0 Å². The van der Waals surface area contributed by atoms with Crippen molar-refractivity contribution in [3.05, 3.63) is 65.0 Å². The third-order valence-electron chi connectivity index (χ3n) is 4.43. The topological polar surface area (TPSA) is 20.3 Å². The standard InChI is InChI=1S/C18H17F8NOS/c1-10(16-13(19)8-9-14(20)17(16)21)15(18(28)27(2)3)11-4-6-12(7-5-11)29(22,23,24,25)26/h4-10,15H,1-3H3/t10-,15+/m1/s1. The van der Waals surface area contributed by atoms with E-state index in [2.05, 4.69) is 0 Å². The molecule has 0 radical (unpaired) electrons. The highest BCUT2D eigenvalue weighted by Gasteiger charge is 2.65. The number of hydrogen-bond donors (Lipinski definition) is 0. The number of amides is 1. The fourth-order valence-corrected chi connectivity index (χ4v) is 3.63. The van der Waals surface area contributed by atoms with E-state index in [1.807, 2.05) is 0 Å². The van der Waals surface area contributed by atoms with Gasteiger partial charge in [-0.1, -0.05) is 38.5 Å². The Hall–Kier alpha value is -2.30. The minimum atomic E-state index is -9.93. The Morgan fingerprint density at radius 2 is 1.34 bits per heavy atom. The maximum atomic E-state index is 14.2. The lowest BCUT2D eigenvalue weighted by Gasteiger charge is -2.40. The van der Waals surface area contributed by atoms with Crippen LogP contribution in [0.4, 0.5) is 32.6 Å². The highest BCUT2D eigenvalue weighted by molar-refractivity contribution is 8.45. The van der Waals surface area contributed by atoms with E-state index in [0.717, 1.165) is 4.90 Å². The molecule has 0 N–H and O–H groups in total. The van der Waals surface area contributed by atoms with E-state index in [1.165, 1.54) is 21.0 Å². The first-order chi connectivity index (χ1) is 12.9. The molecular weight excluding hydrogens is 430 g/mol. The summed E-state index contributed by atoms with van der Waals surface area (Å²) in [5.74, 6) is -7.65. The van der Waals surface area contributed by atoms with Gasteiger partial charge in [0, 0.05) is 25.6 Å². The van der Waals surface area contributed by atoms with Crippen molar-refractivity contribution in [2.75, 3.05) is 14.1 Å². The quantitative estimate of drug-likeness (QED) is 0.367. The van der Waals surface area contributed by atoms with Gasteiger partial charge in [-0.3, -0.25) is 4.79 Å². The smallest absolute Gasteiger partial charge is 0.310 e. The summed E-state index contributed by atoms with van der Waals surface area (Å²) in [6.45, 7) is 1.19. The van der Waals surface area contributed by atoms with Crippen molar-refractivity contribution in [1.29, 1.82) is 0 Å². The molecule has 2 nitrogen and oxygen atoms in total. The van der Waals surface area contributed by atoms with Crippen LogP contribution in [0.3, 0.4) is 0 Å². The zero-order chi connectivity index (χ0) is 22.4. The molecule has 0 aliphatic rings. The zero-order valence-electron chi connectivity index (χ0n) is 15.4. The maximum absolute atomic E-state index is 14.2. The summed E-state index contributed by atoms with van der Waals surface area (Å²) in [6.07, 6.45) is 0. The van der Waals surface area contributed by atoms with E-state index < -0.39 is 55.9 Å². The summed E-state index contributed by atoms with van der Waals surface area (Å²) in [5, 5.41) is 0. The molecule has 162 valence electrons. The minimum absolute atomic E-state index is 0.109. The van der Waals surface area contributed by atoms with Crippen LogP contribution in [0.15, 0.2) is 41.3 Å². The molecule has 2 rings (SSSR count). The van der Waals surface area contributed by atoms with Crippen molar-refractivity contribution >= 4 is 16.1 Å². The summed E-state index contributed by atoms with van der Waals surface area (Å²) in [7, 11) is -7.34. The Morgan fingerprint density at radius 3 is 1.79 bits per heavy atom. The average Bonchev–Trinajstić information content (AvgIpc) is 2.57. The van der Waals surface area contributed by atoms with Gasteiger partial charge in [-0.2, -0.15) is 0 Å². The summed E-state index contributed by atoms with van der Waals surface area (Å²) in [6, 6.07) is 2.71. The van der Waals surface area contributed by atoms with Crippen LogP contribution in [0, 0.1) is 17.5 Å². The lowest BCUT2D eigenvalue weighted by molar-refractivity contribution is -0.130. The maximum Gasteiger partial charge on any atom is 0.310 e. The Bertz CT molecular complexity index is 942. The molecule has 2 aromatic rings. The van der Waals surface area contributed by atoms with E-state index >= 15 is 0 Å². The highest BCUT2D eigenvalue weighted by atomic mass is 32.5. The van der Waals surface area contributed by atoms with Gasteiger partial charge >= 0.3 is 10.2 Å². The lowest BCUT2D eigenvalue weighted by Crippen LogP contribution is -2.32. The molecule has 0 fully saturated rings. The molecule has 0 bridgehead atoms. The zero-order valence-corrected chi connectivity index (χ0v) is 16.2. The number of likely N-dealkylation sites (N-methyl/N-ethyl adjacent to an activating group) is 1. The van der Waals surface area contributed by atoms with E-state index in [0.29, 0.717) is 24.3 Å². The number of rotatable bonds is 5. The third kappa shape index (κ3) is 4.82. The van der Waals surface area contributed by atoms with Crippen LogP contribution >= 0.6 is 10.2 Å². The summed E-state index contributed by atoms with van der Waals surface area (Å²) >= 11 is 0. The van der Waals surface area contributed by atoms with E-state index in [4.69, 9.17) is 0 Å². The van der Waals surface area contributed by atoms with Gasteiger partial charge < -0.3 is 4.90 Å². The minimum Gasteiger partial charge on any atom is -0.348 e. The normalized spacial score (nSPS) is 16.5. The Kier molecular flexibility index (Phi) is 5.24. The molecule has 0 heterocycles. The number of benzene rings is 2. The van der Waals surface area contributed by atoms with Crippen molar-refractivity contribution in [3.63, 3.8) is 0 Å². The van der Waals surface area contributed by atoms with Crippen LogP contribution in [0.25, 0.3) is 0 Å². The second-order valence-electron chi connectivity index (χ2n) is 6.79. The van der Waals surface area contributed by atoms with Gasteiger partial charge in [-0.05, 0) is 29.8 Å². The van der Waals surface area contributed by atoms with Gasteiger partial charge in [0.1, 0.15) is 10.7 Å². The summed E-state index contributed by atoms with van der Waals surface area (Å²) in [5.41, 5.74) is -0.966. The molecule has 2 atom stereocenters. The van der Waals surface area contributed by atoms with Crippen LogP contribution in [0.2, 0.25) is 0 Å². The molecule has 2 aromatic carbocycles. The fraction of sp³-hybridized carbons (Fsp3) is 0.278. The predicted octanol–water partition coefficient (Wildman–Crippen LogP) is 6.74. The van der Waals surface area contributed by atoms with Crippen molar-refractivity contribution < 1.29 is 37.4 Å². The monoisotopic (exact) mass is 447 g/mol. The highest BCUT2D eigenvalue weighted by Crippen LogP contribution is 3.02. The molecule has 0 saturated carbocycles. The number of carbonyl (C=O) groups excluding carboxylic acids is 1. The van der Waals surface area contributed by atoms with Crippen LogP contribution in [0.5, 0.6) is 0 Å². The second kappa shape index (κ2) is 6.61. The van der Waals surface area contributed by atoms with Gasteiger partial charge in [-0.25, -0.2) is 13.2 Å². The summed E-state index contributed by atoms with van der Waals surface area (Å²) < 4.78 is 107. The molecule has 11 heteroatoms. The van der Waals surface area contributed by atoms with E-state index in [1.54, 1.807) is 0 Å². The van der Waals surface area contributed by atoms with Crippen LogP contribution in [-0.4, -0.2) is 24.9 Å². The number of carbonyl (C=O) groups is 1. The van der Waals surface area contributed by atoms with Gasteiger partial charge in [0.25, 0.3) is 0 Å².